The Kier molecular flexibility index (Phi) is 5.53. The predicted octanol–water partition coefficient (Wildman–Crippen LogP) is 5.73. The Bertz CT molecular complexity index is 1880. The Hall–Kier alpha value is -4.41. The lowest BCUT2D eigenvalue weighted by molar-refractivity contribution is 0.306. The second kappa shape index (κ2) is 9.11. The largest absolute Gasteiger partial charge is 0.487 e. The van der Waals surface area contributed by atoms with E-state index in [0.717, 1.165) is 33.5 Å². The van der Waals surface area contributed by atoms with Gasteiger partial charge in [0.1, 0.15) is 18.7 Å². The predicted molar refractivity (Wildman–Crippen MR) is 145 cm³/mol. The first-order valence-electron chi connectivity index (χ1n) is 12.1. The monoisotopic (exact) mass is 558 g/mol. The molecule has 12 heteroatoms. The van der Waals surface area contributed by atoms with Crippen molar-refractivity contribution in [2.24, 2.45) is 7.05 Å². The van der Waals surface area contributed by atoms with Gasteiger partial charge in [-0.25, -0.2) is 14.5 Å². The molecule has 7 rings (SSSR count). The zero-order chi connectivity index (χ0) is 26.7. The van der Waals surface area contributed by atoms with Crippen molar-refractivity contribution in [1.29, 1.82) is 0 Å². The summed E-state index contributed by atoms with van der Waals surface area (Å²) in [5.74, 6) is 1.78. The quantitative estimate of drug-likeness (QED) is 0.287. The van der Waals surface area contributed by atoms with Crippen molar-refractivity contribution in [1.82, 2.24) is 39.6 Å². The third kappa shape index (κ3) is 4.08. The number of benzene rings is 2. The van der Waals surface area contributed by atoms with Gasteiger partial charge in [-0.3, -0.25) is 9.78 Å². The first kappa shape index (κ1) is 23.7. The van der Waals surface area contributed by atoms with Gasteiger partial charge >= 0.3 is 0 Å². The molecule has 1 atom stereocenters. The summed E-state index contributed by atoms with van der Waals surface area (Å²) in [7, 11) is 1.89. The molecule has 6 aromatic rings. The third-order valence-corrected chi connectivity index (χ3v) is 7.20. The van der Waals surface area contributed by atoms with Crippen LogP contribution in [0.15, 0.2) is 61.2 Å². The highest BCUT2D eigenvalue weighted by atomic mass is 35.5. The second-order valence-electron chi connectivity index (χ2n) is 9.28. The maximum atomic E-state index is 6.25. The molecule has 194 valence electrons. The Labute approximate surface area is 232 Å². The van der Waals surface area contributed by atoms with Gasteiger partial charge in [0.05, 0.1) is 22.7 Å². The lowest BCUT2D eigenvalue weighted by Gasteiger charge is -2.24. The van der Waals surface area contributed by atoms with Crippen LogP contribution in [0.5, 0.6) is 17.5 Å². The van der Waals surface area contributed by atoms with E-state index in [4.69, 9.17) is 42.8 Å². The van der Waals surface area contributed by atoms with Crippen LogP contribution in [-0.2, 0) is 13.7 Å². The van der Waals surface area contributed by atoms with E-state index in [1.54, 1.807) is 33.7 Å². The summed E-state index contributed by atoms with van der Waals surface area (Å²) in [4.78, 5) is 9.50. The SMILES string of the molecule is Cc1[nH]nc2c1[C@H](c1cnn(C)c1)c1c(ncn3nc(-c4cccc(COc5cc(Cl)ccc5Cl)c4)nc13)O2. The van der Waals surface area contributed by atoms with Crippen molar-refractivity contribution in [2.75, 3.05) is 0 Å². The minimum absolute atomic E-state index is 0.230. The molecule has 0 amide bonds. The highest BCUT2D eigenvalue weighted by Gasteiger charge is 2.37. The molecule has 4 aromatic heterocycles. The number of aromatic nitrogens is 8. The maximum Gasteiger partial charge on any atom is 0.244 e. The van der Waals surface area contributed by atoms with Gasteiger partial charge in [-0.05, 0) is 30.7 Å². The molecular formula is C27H20Cl2N8O2. The molecule has 0 fully saturated rings. The van der Waals surface area contributed by atoms with Gasteiger partial charge in [0, 0.05) is 46.7 Å². The molecule has 10 nitrogen and oxygen atoms in total. The van der Waals surface area contributed by atoms with Gasteiger partial charge < -0.3 is 9.47 Å². The maximum absolute atomic E-state index is 6.25. The Balaban J connectivity index is 1.28. The van der Waals surface area contributed by atoms with Crippen molar-refractivity contribution in [3.63, 3.8) is 0 Å². The molecule has 0 aliphatic carbocycles. The van der Waals surface area contributed by atoms with Crippen LogP contribution in [-0.4, -0.2) is 39.6 Å². The van der Waals surface area contributed by atoms with Crippen LogP contribution in [0, 0.1) is 6.92 Å². The minimum Gasteiger partial charge on any atom is -0.487 e. The summed E-state index contributed by atoms with van der Waals surface area (Å²) in [6.45, 7) is 2.27. The van der Waals surface area contributed by atoms with E-state index >= 15 is 0 Å². The lowest BCUT2D eigenvalue weighted by atomic mass is 9.86. The fraction of sp³-hybridized carbons (Fsp3) is 0.148. The zero-order valence-electron chi connectivity index (χ0n) is 20.8. The molecular weight excluding hydrogens is 539 g/mol. The number of halogens is 2. The van der Waals surface area contributed by atoms with E-state index in [9.17, 15) is 0 Å². The fourth-order valence-electron chi connectivity index (χ4n) is 4.86. The number of rotatable bonds is 5. The number of ether oxygens (including phenoxy) is 2. The molecule has 1 aliphatic heterocycles. The van der Waals surface area contributed by atoms with Crippen LogP contribution in [0.4, 0.5) is 0 Å². The number of fused-ring (bicyclic) bond motifs is 4. The summed E-state index contributed by atoms with van der Waals surface area (Å²) in [6, 6.07) is 13.0. The molecule has 5 heterocycles. The highest BCUT2D eigenvalue weighted by Crippen LogP contribution is 2.48. The van der Waals surface area contributed by atoms with Crippen LogP contribution < -0.4 is 9.47 Å². The van der Waals surface area contributed by atoms with Crippen LogP contribution in [0.25, 0.3) is 17.0 Å². The number of H-pyrrole nitrogens is 1. The van der Waals surface area contributed by atoms with E-state index in [-0.39, 0.29) is 5.92 Å². The summed E-state index contributed by atoms with van der Waals surface area (Å²) < 4.78 is 15.5. The number of nitrogens with zero attached hydrogens (tertiary/aromatic N) is 7. The van der Waals surface area contributed by atoms with Gasteiger partial charge in [0.2, 0.25) is 11.8 Å². The number of nitrogens with one attached hydrogen (secondary N) is 1. The highest BCUT2D eigenvalue weighted by molar-refractivity contribution is 6.34. The molecule has 39 heavy (non-hydrogen) atoms. The van der Waals surface area contributed by atoms with Crippen molar-refractivity contribution in [3.8, 4) is 28.9 Å². The summed E-state index contributed by atoms with van der Waals surface area (Å²) >= 11 is 12.3. The van der Waals surface area contributed by atoms with Crippen molar-refractivity contribution in [2.45, 2.75) is 19.4 Å². The third-order valence-electron chi connectivity index (χ3n) is 6.65. The molecule has 0 saturated carbocycles. The van der Waals surface area contributed by atoms with Crippen LogP contribution in [0.3, 0.4) is 0 Å². The van der Waals surface area contributed by atoms with Crippen LogP contribution >= 0.6 is 23.2 Å². The molecule has 0 radical (unpaired) electrons. The van der Waals surface area contributed by atoms with E-state index < -0.39 is 0 Å². The van der Waals surface area contributed by atoms with E-state index in [0.29, 0.717) is 45.6 Å². The molecule has 1 aliphatic rings. The van der Waals surface area contributed by atoms with Gasteiger partial charge in [0.25, 0.3) is 0 Å². The average Bonchev–Trinajstić information content (AvgIpc) is 3.66. The molecule has 0 saturated heterocycles. The normalized spacial score (nSPS) is 14.2. The van der Waals surface area contributed by atoms with Crippen LogP contribution in [0.2, 0.25) is 10.0 Å². The summed E-state index contributed by atoms with van der Waals surface area (Å²) in [5.41, 5.74) is 6.01. The van der Waals surface area contributed by atoms with E-state index in [1.165, 1.54) is 0 Å². The number of aromatic amines is 1. The van der Waals surface area contributed by atoms with Gasteiger partial charge in [0.15, 0.2) is 11.5 Å². The molecule has 0 bridgehead atoms. The van der Waals surface area contributed by atoms with Gasteiger partial charge in [-0.15, -0.1) is 10.2 Å². The molecule has 2 aromatic carbocycles. The number of aryl methyl sites for hydroxylation is 2. The zero-order valence-corrected chi connectivity index (χ0v) is 22.3. The smallest absolute Gasteiger partial charge is 0.244 e. The van der Waals surface area contributed by atoms with Gasteiger partial charge in [-0.2, -0.15) is 5.10 Å². The number of hydrogen-bond acceptors (Lipinski definition) is 7. The topological polar surface area (TPSA) is 108 Å². The molecule has 1 N–H and O–H groups in total. The van der Waals surface area contributed by atoms with Crippen LogP contribution in [0.1, 0.15) is 33.9 Å². The minimum atomic E-state index is -0.230. The first-order valence-corrected chi connectivity index (χ1v) is 12.8. The second-order valence-corrected chi connectivity index (χ2v) is 10.1. The summed E-state index contributed by atoms with van der Waals surface area (Å²) in [6.07, 6.45) is 5.42. The summed E-state index contributed by atoms with van der Waals surface area (Å²) in [5, 5.41) is 17.6. The molecule has 0 unspecified atom stereocenters. The Morgan fingerprint density at radius 1 is 1.10 bits per heavy atom. The lowest BCUT2D eigenvalue weighted by Crippen LogP contribution is -2.14. The standard InChI is InChI=1S/C27H20Cl2N8O2/c1-14-21-22(17-10-31-36(2)11-17)23-25-32-24(35-37(25)13-30-26(23)39-27(21)34-33-14)16-5-3-4-15(8-16)12-38-20-9-18(28)6-7-19(20)29/h3-11,13,22H,12H2,1-2H3,(H,33,34)/t22-/m0/s1. The van der Waals surface area contributed by atoms with Crippen molar-refractivity contribution < 1.29 is 9.47 Å². The van der Waals surface area contributed by atoms with Gasteiger partial charge in [-0.1, -0.05) is 41.4 Å². The van der Waals surface area contributed by atoms with E-state index in [1.807, 2.05) is 50.6 Å². The first-order chi connectivity index (χ1) is 18.9. The van der Waals surface area contributed by atoms with E-state index in [2.05, 4.69) is 20.3 Å². The fourth-order valence-corrected chi connectivity index (χ4v) is 5.19. The molecule has 0 spiro atoms. The Morgan fingerprint density at radius 3 is 2.85 bits per heavy atom. The van der Waals surface area contributed by atoms with Crippen molar-refractivity contribution in [3.05, 3.63) is 99.2 Å². The number of hydrogen-bond donors (Lipinski definition) is 1. The average molecular weight is 559 g/mol. The Morgan fingerprint density at radius 2 is 2.00 bits per heavy atom. The van der Waals surface area contributed by atoms with Crippen molar-refractivity contribution >= 4 is 28.8 Å².